The van der Waals surface area contributed by atoms with Crippen LogP contribution in [0.3, 0.4) is 0 Å². The molecule has 1 aliphatic heterocycles. The first-order valence-electron chi connectivity index (χ1n) is 8.27. The number of furan rings is 1. The first-order chi connectivity index (χ1) is 13.1. The molecular weight excluding hydrogens is 358 g/mol. The minimum absolute atomic E-state index is 0.0550. The summed E-state index contributed by atoms with van der Waals surface area (Å²) in [5.74, 6) is -0.484. The number of hydrazine groups is 1. The maximum Gasteiger partial charge on any atom is 0.355 e. The third-order valence-electron chi connectivity index (χ3n) is 4.11. The number of nitrogens with one attached hydrogen (secondary N) is 2. The van der Waals surface area contributed by atoms with Gasteiger partial charge in [0.05, 0.1) is 17.8 Å². The SMILES string of the molecule is O=C(NNc1ncnc(N2CCN(CCO)CC2)c1[N+](=O)[O-])c1ccco1. The molecule has 2 aromatic rings. The van der Waals surface area contributed by atoms with Gasteiger partial charge in [0, 0.05) is 32.7 Å². The number of β-amino-alcohol motifs (C(OH)–C–C–N with tert-alkyl or cyclic N) is 1. The highest BCUT2D eigenvalue weighted by atomic mass is 16.6. The van der Waals surface area contributed by atoms with Gasteiger partial charge in [-0.25, -0.2) is 9.97 Å². The van der Waals surface area contributed by atoms with E-state index in [9.17, 15) is 14.9 Å². The van der Waals surface area contributed by atoms with Crippen molar-refractivity contribution in [3.63, 3.8) is 0 Å². The summed E-state index contributed by atoms with van der Waals surface area (Å²) in [6.07, 6.45) is 2.54. The normalized spacial score (nSPS) is 14.8. The number of hydrogen-bond donors (Lipinski definition) is 3. The Bertz CT molecular complexity index is 790. The Morgan fingerprint density at radius 2 is 2.11 bits per heavy atom. The number of piperazine rings is 1. The minimum atomic E-state index is -0.591. The van der Waals surface area contributed by atoms with Gasteiger partial charge in [-0.1, -0.05) is 0 Å². The van der Waals surface area contributed by atoms with E-state index in [2.05, 4.69) is 25.7 Å². The number of aromatic nitrogens is 2. The Morgan fingerprint density at radius 1 is 1.33 bits per heavy atom. The van der Waals surface area contributed by atoms with Crippen LogP contribution in [0.5, 0.6) is 0 Å². The molecule has 0 unspecified atom stereocenters. The fourth-order valence-corrected chi connectivity index (χ4v) is 2.77. The molecule has 3 rings (SSSR count). The van der Waals surface area contributed by atoms with E-state index in [-0.39, 0.29) is 29.7 Å². The highest BCUT2D eigenvalue weighted by Gasteiger charge is 2.29. The molecule has 27 heavy (non-hydrogen) atoms. The number of amides is 1. The molecule has 1 aliphatic rings. The van der Waals surface area contributed by atoms with E-state index in [4.69, 9.17) is 9.52 Å². The van der Waals surface area contributed by atoms with Gasteiger partial charge in [-0.05, 0) is 12.1 Å². The van der Waals surface area contributed by atoms with Crippen LogP contribution in [0.15, 0.2) is 29.1 Å². The van der Waals surface area contributed by atoms with Crippen LogP contribution in [-0.2, 0) is 0 Å². The Morgan fingerprint density at radius 3 is 2.74 bits per heavy atom. The van der Waals surface area contributed by atoms with Gasteiger partial charge in [0.25, 0.3) is 0 Å². The van der Waals surface area contributed by atoms with Crippen LogP contribution in [0.25, 0.3) is 0 Å². The quantitative estimate of drug-likeness (QED) is 0.439. The van der Waals surface area contributed by atoms with Crippen molar-refractivity contribution in [3.8, 4) is 0 Å². The number of aliphatic hydroxyl groups excluding tert-OH is 1. The second kappa shape index (κ2) is 8.42. The van der Waals surface area contributed by atoms with Gasteiger partial charge in [0.2, 0.25) is 11.6 Å². The van der Waals surface area contributed by atoms with Crippen molar-refractivity contribution in [1.29, 1.82) is 0 Å². The number of carbonyl (C=O) groups is 1. The topological polar surface area (TPSA) is 150 Å². The molecule has 0 saturated carbocycles. The zero-order valence-corrected chi connectivity index (χ0v) is 14.4. The first kappa shape index (κ1) is 18.5. The van der Waals surface area contributed by atoms with Crippen LogP contribution in [0.4, 0.5) is 17.3 Å². The summed E-state index contributed by atoms with van der Waals surface area (Å²) in [6.45, 7) is 2.98. The predicted octanol–water partition coefficient (Wildman–Crippen LogP) is -0.151. The van der Waals surface area contributed by atoms with Gasteiger partial charge >= 0.3 is 11.6 Å². The average molecular weight is 377 g/mol. The molecule has 1 amide bonds. The lowest BCUT2D eigenvalue weighted by atomic mass is 10.3. The van der Waals surface area contributed by atoms with Gasteiger partial charge in [-0.2, -0.15) is 0 Å². The largest absolute Gasteiger partial charge is 0.459 e. The summed E-state index contributed by atoms with van der Waals surface area (Å²) in [7, 11) is 0. The molecule has 0 spiro atoms. The summed E-state index contributed by atoms with van der Waals surface area (Å²) >= 11 is 0. The number of nitrogens with zero attached hydrogens (tertiary/aromatic N) is 5. The molecule has 1 fully saturated rings. The van der Waals surface area contributed by atoms with Gasteiger partial charge in [-0.15, -0.1) is 0 Å². The van der Waals surface area contributed by atoms with Crippen LogP contribution in [0.1, 0.15) is 10.6 Å². The minimum Gasteiger partial charge on any atom is -0.459 e. The maximum absolute atomic E-state index is 11.9. The van der Waals surface area contributed by atoms with Crippen molar-refractivity contribution in [1.82, 2.24) is 20.3 Å². The van der Waals surface area contributed by atoms with Crippen LogP contribution in [0.2, 0.25) is 0 Å². The molecule has 2 aromatic heterocycles. The van der Waals surface area contributed by atoms with E-state index in [0.717, 1.165) is 0 Å². The van der Waals surface area contributed by atoms with Crippen molar-refractivity contribution in [2.24, 2.45) is 0 Å². The molecule has 0 radical (unpaired) electrons. The lowest BCUT2D eigenvalue weighted by molar-refractivity contribution is -0.383. The third-order valence-corrected chi connectivity index (χ3v) is 4.11. The number of carbonyl (C=O) groups excluding carboxylic acids is 1. The Balaban J connectivity index is 1.75. The fraction of sp³-hybridized carbons (Fsp3) is 0.400. The van der Waals surface area contributed by atoms with E-state index in [1.54, 1.807) is 11.0 Å². The number of anilines is 2. The summed E-state index contributed by atoms with van der Waals surface area (Å²) in [4.78, 5) is 34.7. The zero-order chi connectivity index (χ0) is 19.2. The van der Waals surface area contributed by atoms with E-state index < -0.39 is 10.8 Å². The zero-order valence-electron chi connectivity index (χ0n) is 14.4. The van der Waals surface area contributed by atoms with E-state index in [0.29, 0.717) is 32.7 Å². The summed E-state index contributed by atoms with van der Waals surface area (Å²) in [6, 6.07) is 3.01. The number of hydrogen-bond acceptors (Lipinski definition) is 10. The highest BCUT2D eigenvalue weighted by molar-refractivity contribution is 5.92. The van der Waals surface area contributed by atoms with Crippen molar-refractivity contribution < 1.29 is 19.2 Å². The Hall–Kier alpha value is -3.25. The lowest BCUT2D eigenvalue weighted by Gasteiger charge is -2.34. The van der Waals surface area contributed by atoms with Crippen molar-refractivity contribution in [3.05, 3.63) is 40.6 Å². The number of rotatable bonds is 7. The van der Waals surface area contributed by atoms with E-state index >= 15 is 0 Å². The Kier molecular flexibility index (Phi) is 5.78. The lowest BCUT2D eigenvalue weighted by Crippen LogP contribution is -2.47. The van der Waals surface area contributed by atoms with Crippen LogP contribution >= 0.6 is 0 Å². The standard InChI is InChI=1S/C15H19N7O5/c23-8-7-20-3-5-21(6-4-20)14-12(22(25)26)13(16-10-17-14)18-19-15(24)11-2-1-9-27-11/h1-2,9-10,23H,3-8H2,(H,19,24)(H,16,17,18). The van der Waals surface area contributed by atoms with E-state index in [1.165, 1.54) is 18.7 Å². The molecule has 0 bridgehead atoms. The smallest absolute Gasteiger partial charge is 0.355 e. The fourth-order valence-electron chi connectivity index (χ4n) is 2.77. The van der Waals surface area contributed by atoms with Crippen LogP contribution in [0, 0.1) is 10.1 Å². The molecular formula is C15H19N7O5. The molecule has 12 heteroatoms. The van der Waals surface area contributed by atoms with Crippen LogP contribution in [-0.4, -0.2) is 70.1 Å². The molecule has 3 heterocycles. The molecule has 1 saturated heterocycles. The van der Waals surface area contributed by atoms with Gasteiger partial charge in [-0.3, -0.25) is 30.7 Å². The molecule has 0 atom stereocenters. The molecule has 0 aromatic carbocycles. The third kappa shape index (κ3) is 4.30. The van der Waals surface area contributed by atoms with Crippen molar-refractivity contribution in [2.45, 2.75) is 0 Å². The van der Waals surface area contributed by atoms with Gasteiger partial charge < -0.3 is 14.4 Å². The van der Waals surface area contributed by atoms with Gasteiger partial charge in [0.1, 0.15) is 6.33 Å². The monoisotopic (exact) mass is 377 g/mol. The van der Waals surface area contributed by atoms with Gasteiger partial charge in [0.15, 0.2) is 5.76 Å². The summed E-state index contributed by atoms with van der Waals surface area (Å²) in [5, 5.41) is 20.6. The van der Waals surface area contributed by atoms with Crippen molar-refractivity contribution in [2.75, 3.05) is 49.7 Å². The average Bonchev–Trinajstić information content (AvgIpc) is 3.21. The number of nitro groups is 1. The second-order valence-electron chi connectivity index (χ2n) is 5.76. The van der Waals surface area contributed by atoms with E-state index in [1.807, 2.05) is 0 Å². The molecule has 144 valence electrons. The van der Waals surface area contributed by atoms with Crippen LogP contribution < -0.4 is 15.8 Å². The summed E-state index contributed by atoms with van der Waals surface area (Å²) in [5.41, 5.74) is 4.46. The van der Waals surface area contributed by atoms with Crippen molar-refractivity contribution >= 4 is 23.2 Å². The Labute approximate surface area is 153 Å². The number of aliphatic hydroxyl groups is 1. The second-order valence-corrected chi connectivity index (χ2v) is 5.76. The molecule has 12 nitrogen and oxygen atoms in total. The molecule has 3 N–H and O–H groups in total. The predicted molar refractivity (Wildman–Crippen MR) is 94.2 cm³/mol. The molecule has 0 aliphatic carbocycles. The first-order valence-corrected chi connectivity index (χ1v) is 8.27. The highest BCUT2D eigenvalue weighted by Crippen LogP contribution is 2.31. The summed E-state index contributed by atoms with van der Waals surface area (Å²) < 4.78 is 4.96. The maximum atomic E-state index is 11.9.